The van der Waals surface area contributed by atoms with Gasteiger partial charge in [0.1, 0.15) is 30.2 Å². The van der Waals surface area contributed by atoms with E-state index in [0.717, 1.165) is 38.5 Å². The number of nitrogens with zero attached hydrogens (tertiary/aromatic N) is 3. The number of aliphatic hydroxyl groups excluding tert-OH is 1. The first-order chi connectivity index (χ1) is 27.9. The van der Waals surface area contributed by atoms with Crippen LogP contribution in [0.15, 0.2) is 0 Å². The van der Waals surface area contributed by atoms with Gasteiger partial charge in [0.05, 0.1) is 6.10 Å². The van der Waals surface area contributed by atoms with Crippen LogP contribution >= 0.6 is 11.8 Å². The van der Waals surface area contributed by atoms with Crippen LogP contribution in [0.2, 0.25) is 0 Å². The van der Waals surface area contributed by atoms with Gasteiger partial charge in [0.25, 0.3) is 0 Å². The summed E-state index contributed by atoms with van der Waals surface area (Å²) >= 11 is 1.52. The molecule has 0 aromatic rings. The Balaban J connectivity index is 1.47. The van der Waals surface area contributed by atoms with Crippen molar-refractivity contribution in [2.24, 2.45) is 11.8 Å². The zero-order valence-electron chi connectivity index (χ0n) is 35.4. The number of thioether (sulfide) groups is 1. The molecule has 3 saturated heterocycles. The molecule has 0 radical (unpaired) electrons. The van der Waals surface area contributed by atoms with E-state index in [0.29, 0.717) is 89.2 Å². The number of amides is 7. The van der Waals surface area contributed by atoms with E-state index in [-0.39, 0.29) is 37.1 Å². The summed E-state index contributed by atoms with van der Waals surface area (Å²) in [5.41, 5.74) is 0. The molecular formula is C42H71N7O8S. The average Bonchev–Trinajstić information content (AvgIpc) is 3.95. The summed E-state index contributed by atoms with van der Waals surface area (Å²) in [7, 11) is 0. The summed E-state index contributed by atoms with van der Waals surface area (Å²) in [4.78, 5) is 101. The standard InChI is InChI=1S/C42H71N7O8S/c1-5-21-43-40(55)37(29(3)50)46-39(54)34-17-13-25-49(34)42(57)32(20-26-58-4)45-38(53)33-16-9-10-24-48(33)41(56)31(18-19-36(52)47-22-11-12-23-47)44-35(51)27-28(2)30-14-7-6-8-15-30/h28-34,37,50H,5-27H2,1-4H3,(H,43,55)(H,44,51)(H,45,53)(H,46,54)/t28-,29?,31-,32-,33-,34-,37-/m0/s1. The molecule has 0 spiro atoms. The normalized spacial score (nSPS) is 22.7. The molecule has 1 saturated carbocycles. The smallest absolute Gasteiger partial charge is 0.245 e. The second-order valence-electron chi connectivity index (χ2n) is 16.9. The van der Waals surface area contributed by atoms with E-state index in [4.69, 9.17) is 0 Å². The molecule has 4 aliphatic rings. The molecule has 7 atom stereocenters. The Kier molecular flexibility index (Phi) is 19.6. The van der Waals surface area contributed by atoms with Gasteiger partial charge in [0, 0.05) is 45.6 Å². The van der Waals surface area contributed by atoms with Crippen molar-refractivity contribution >= 4 is 53.1 Å². The number of likely N-dealkylation sites (tertiary alicyclic amines) is 3. The fraction of sp³-hybridized carbons (Fsp3) is 0.833. The number of carbonyl (C=O) groups is 7. The Hall–Kier alpha value is -3.40. The van der Waals surface area contributed by atoms with Gasteiger partial charge in [-0.25, -0.2) is 0 Å². The second-order valence-corrected chi connectivity index (χ2v) is 17.9. The van der Waals surface area contributed by atoms with Gasteiger partial charge in [0.15, 0.2) is 0 Å². The van der Waals surface area contributed by atoms with Crippen LogP contribution in [0.5, 0.6) is 0 Å². The van der Waals surface area contributed by atoms with Crippen molar-refractivity contribution in [3.05, 3.63) is 0 Å². The van der Waals surface area contributed by atoms with Crippen LogP contribution in [0.25, 0.3) is 0 Å². The molecular weight excluding hydrogens is 763 g/mol. The molecule has 5 N–H and O–H groups in total. The maximum atomic E-state index is 14.5. The third-order valence-electron chi connectivity index (χ3n) is 12.5. The fourth-order valence-electron chi connectivity index (χ4n) is 9.01. The summed E-state index contributed by atoms with van der Waals surface area (Å²) in [6.07, 6.45) is 12.5. The number of carbonyl (C=O) groups excluding carboxylic acids is 7. The Morgan fingerprint density at radius 2 is 1.28 bits per heavy atom. The second kappa shape index (κ2) is 24.0. The highest BCUT2D eigenvalue weighted by molar-refractivity contribution is 7.98. The van der Waals surface area contributed by atoms with E-state index in [1.54, 1.807) is 0 Å². The number of piperidine rings is 1. The average molecular weight is 834 g/mol. The summed E-state index contributed by atoms with van der Waals surface area (Å²) in [6, 6.07) is -4.90. The molecule has 0 aromatic carbocycles. The molecule has 1 aliphatic carbocycles. The van der Waals surface area contributed by atoms with Gasteiger partial charge in [-0.2, -0.15) is 11.8 Å². The van der Waals surface area contributed by atoms with Gasteiger partial charge in [-0.15, -0.1) is 0 Å². The first-order valence-electron chi connectivity index (χ1n) is 22.1. The van der Waals surface area contributed by atoms with Crippen LogP contribution in [0, 0.1) is 11.8 Å². The molecule has 3 heterocycles. The molecule has 1 unspecified atom stereocenters. The lowest BCUT2D eigenvalue weighted by atomic mass is 9.79. The molecule has 16 heteroatoms. The van der Waals surface area contributed by atoms with Gasteiger partial charge in [-0.05, 0) is 95.0 Å². The summed E-state index contributed by atoms with van der Waals surface area (Å²) < 4.78 is 0. The fourth-order valence-corrected chi connectivity index (χ4v) is 9.48. The van der Waals surface area contributed by atoms with Gasteiger partial charge in [0.2, 0.25) is 41.4 Å². The van der Waals surface area contributed by atoms with Crippen LogP contribution in [-0.2, 0) is 33.6 Å². The van der Waals surface area contributed by atoms with Crippen LogP contribution < -0.4 is 21.3 Å². The SMILES string of the molecule is CCCNC(=O)[C@@H](NC(=O)[C@@H]1CCCN1C(=O)[C@H](CCSC)NC(=O)[C@@H]1CCCCN1C(=O)[C@H](CCC(=O)N1CCCC1)NC(=O)C[C@H](C)C1CCCCC1)C(C)O. The van der Waals surface area contributed by atoms with E-state index < -0.39 is 65.8 Å². The minimum Gasteiger partial charge on any atom is -0.391 e. The number of hydrogen-bond donors (Lipinski definition) is 5. The third kappa shape index (κ3) is 13.6. The van der Waals surface area contributed by atoms with Gasteiger partial charge >= 0.3 is 0 Å². The Bertz CT molecular complexity index is 1410. The third-order valence-corrected chi connectivity index (χ3v) is 13.1. The number of aliphatic hydroxyl groups is 1. The molecule has 58 heavy (non-hydrogen) atoms. The van der Waals surface area contributed by atoms with E-state index in [1.807, 2.05) is 18.1 Å². The van der Waals surface area contributed by atoms with E-state index in [2.05, 4.69) is 28.2 Å². The van der Waals surface area contributed by atoms with Crippen molar-refractivity contribution < 1.29 is 38.7 Å². The van der Waals surface area contributed by atoms with Crippen molar-refractivity contribution in [3.63, 3.8) is 0 Å². The van der Waals surface area contributed by atoms with Crippen LogP contribution in [0.1, 0.15) is 130 Å². The summed E-state index contributed by atoms with van der Waals surface area (Å²) in [5, 5.41) is 21.6. The van der Waals surface area contributed by atoms with Crippen molar-refractivity contribution in [1.82, 2.24) is 36.0 Å². The van der Waals surface area contributed by atoms with E-state index in [9.17, 15) is 38.7 Å². The number of nitrogens with one attached hydrogen (secondary N) is 4. The lowest BCUT2D eigenvalue weighted by molar-refractivity contribution is -0.147. The monoisotopic (exact) mass is 834 g/mol. The van der Waals surface area contributed by atoms with Gasteiger partial charge in [-0.1, -0.05) is 46.0 Å². The van der Waals surface area contributed by atoms with Gasteiger partial charge < -0.3 is 41.1 Å². The predicted molar refractivity (Wildman–Crippen MR) is 223 cm³/mol. The maximum absolute atomic E-state index is 14.5. The minimum atomic E-state index is -1.19. The van der Waals surface area contributed by atoms with Crippen LogP contribution in [0.4, 0.5) is 0 Å². The molecule has 7 amide bonds. The highest BCUT2D eigenvalue weighted by atomic mass is 32.2. The summed E-state index contributed by atoms with van der Waals surface area (Å²) in [5.74, 6) is -1.44. The van der Waals surface area contributed by atoms with Crippen LogP contribution in [-0.4, -0.2) is 142 Å². The van der Waals surface area contributed by atoms with Crippen molar-refractivity contribution in [1.29, 1.82) is 0 Å². The Morgan fingerprint density at radius 3 is 1.90 bits per heavy atom. The minimum absolute atomic E-state index is 0.0433. The summed E-state index contributed by atoms with van der Waals surface area (Å²) in [6.45, 7) is 7.77. The zero-order valence-corrected chi connectivity index (χ0v) is 36.3. The largest absolute Gasteiger partial charge is 0.391 e. The van der Waals surface area contributed by atoms with Gasteiger partial charge in [-0.3, -0.25) is 33.6 Å². The molecule has 15 nitrogen and oxygen atoms in total. The van der Waals surface area contributed by atoms with E-state index >= 15 is 0 Å². The first kappa shape index (κ1) is 47.3. The molecule has 0 aromatic heterocycles. The van der Waals surface area contributed by atoms with Crippen molar-refractivity contribution in [3.8, 4) is 0 Å². The highest BCUT2D eigenvalue weighted by Gasteiger charge is 2.42. The lowest BCUT2D eigenvalue weighted by Crippen LogP contribution is -2.61. The highest BCUT2D eigenvalue weighted by Crippen LogP contribution is 2.31. The molecule has 3 aliphatic heterocycles. The topological polar surface area (TPSA) is 198 Å². The quantitative estimate of drug-likeness (QED) is 0.122. The van der Waals surface area contributed by atoms with Crippen molar-refractivity contribution in [2.75, 3.05) is 44.7 Å². The molecule has 0 bridgehead atoms. The first-order valence-corrected chi connectivity index (χ1v) is 23.5. The maximum Gasteiger partial charge on any atom is 0.245 e. The Morgan fingerprint density at radius 1 is 0.707 bits per heavy atom. The number of hydrogen-bond acceptors (Lipinski definition) is 9. The Labute approximate surface area is 349 Å². The van der Waals surface area contributed by atoms with E-state index in [1.165, 1.54) is 34.9 Å². The predicted octanol–water partition coefficient (Wildman–Crippen LogP) is 2.48. The van der Waals surface area contributed by atoms with Crippen molar-refractivity contribution in [2.45, 2.75) is 166 Å². The lowest BCUT2D eigenvalue weighted by Gasteiger charge is -2.38. The van der Waals surface area contributed by atoms with Crippen LogP contribution in [0.3, 0.4) is 0 Å². The zero-order chi connectivity index (χ0) is 42.2. The molecule has 328 valence electrons. The molecule has 4 fully saturated rings. The number of rotatable bonds is 20. The molecule has 4 rings (SSSR count).